The topological polar surface area (TPSA) is 12.0 Å². The summed E-state index contributed by atoms with van der Waals surface area (Å²) in [5.74, 6) is 0. The van der Waals surface area contributed by atoms with Gasteiger partial charge in [0.2, 0.25) is 0 Å². The van der Waals surface area contributed by atoms with E-state index in [1.54, 1.807) is 0 Å². The molecule has 0 aromatic carbocycles. The first-order valence-electron chi connectivity index (χ1n) is 2.41. The Kier molecular flexibility index (Phi) is 31.4. The van der Waals surface area contributed by atoms with Crippen molar-refractivity contribution in [2.45, 2.75) is 13.3 Å². The van der Waals surface area contributed by atoms with Crippen LogP contribution in [0.3, 0.4) is 0 Å². The van der Waals surface area contributed by atoms with Crippen LogP contribution in [-0.4, -0.2) is 13.1 Å². The van der Waals surface area contributed by atoms with Crippen molar-refractivity contribution in [3.8, 4) is 0 Å². The zero-order valence-corrected chi connectivity index (χ0v) is 8.74. The fraction of sp³-hybridized carbons (Fsp3) is 0.667. The van der Waals surface area contributed by atoms with E-state index in [2.05, 4.69) is 19.2 Å². The Morgan fingerprint density at radius 2 is 2.00 bits per heavy atom. The van der Waals surface area contributed by atoms with Gasteiger partial charge in [-0.2, -0.15) is 6.42 Å². The van der Waals surface area contributed by atoms with E-state index in [1.807, 2.05) is 0 Å². The Balaban J connectivity index is -0.000000125. The van der Waals surface area contributed by atoms with Crippen molar-refractivity contribution in [1.29, 1.82) is 0 Å². The van der Waals surface area contributed by atoms with Gasteiger partial charge in [0.1, 0.15) is 0 Å². The van der Waals surface area contributed by atoms with Crippen LogP contribution in [0.5, 0.6) is 0 Å². The number of hydrogen-bond donors (Lipinski definition) is 1. The molecule has 0 atom stereocenters. The van der Waals surface area contributed by atoms with Crippen LogP contribution in [0, 0.1) is 14.4 Å². The smallest absolute Gasteiger partial charge is 0 e. The summed E-state index contributed by atoms with van der Waals surface area (Å²) in [6, 6.07) is 0. The van der Waals surface area contributed by atoms with Crippen LogP contribution in [0.15, 0.2) is 0 Å². The van der Waals surface area contributed by atoms with Gasteiger partial charge >= 0.3 is 0 Å². The Bertz CT molecular complexity index is 20.5. The second-order valence-electron chi connectivity index (χ2n) is 1.21. The van der Waals surface area contributed by atoms with Crippen LogP contribution in [0.2, 0.25) is 0 Å². The van der Waals surface area contributed by atoms with Gasteiger partial charge < -0.3 is 19.7 Å². The number of hydrogen-bond acceptors (Lipinski definition) is 1. The van der Waals surface area contributed by atoms with Crippen LogP contribution in [0.4, 0.5) is 0 Å². The first-order chi connectivity index (χ1) is 2.91. The molecule has 0 unspecified atom stereocenters. The summed E-state index contributed by atoms with van der Waals surface area (Å²) in [5.41, 5.74) is 0. The molecule has 1 radical (unpaired) electrons. The standard InChI is InChI=1S/C5H12N.CH3.Y/c1-3-5-6-4-2;;/h6H,1,3-5H2,2H3;1H3;/q2*-1;. The van der Waals surface area contributed by atoms with Gasteiger partial charge in [-0.15, -0.1) is 0 Å². The summed E-state index contributed by atoms with van der Waals surface area (Å²) in [7, 11) is 0. The molecular weight excluding hydrogens is 175 g/mol. The first kappa shape index (κ1) is 16.0. The molecule has 0 saturated carbocycles. The van der Waals surface area contributed by atoms with Gasteiger partial charge in [0.15, 0.2) is 0 Å². The molecule has 0 aromatic rings. The van der Waals surface area contributed by atoms with Crippen LogP contribution in [-0.2, 0) is 32.7 Å². The zero-order chi connectivity index (χ0) is 4.83. The molecule has 0 fully saturated rings. The molecule has 0 bridgehead atoms. The van der Waals surface area contributed by atoms with Gasteiger partial charge in [0.25, 0.3) is 0 Å². The zero-order valence-electron chi connectivity index (χ0n) is 5.91. The van der Waals surface area contributed by atoms with Crippen LogP contribution in [0.1, 0.15) is 13.3 Å². The molecule has 2 heteroatoms. The Labute approximate surface area is 78.5 Å². The van der Waals surface area contributed by atoms with Crippen molar-refractivity contribution in [2.24, 2.45) is 0 Å². The van der Waals surface area contributed by atoms with E-state index in [0.717, 1.165) is 19.5 Å². The van der Waals surface area contributed by atoms with Gasteiger partial charge in [-0.3, -0.25) is 0 Å². The molecular formula is C6H15NY-2. The van der Waals surface area contributed by atoms with Crippen molar-refractivity contribution in [3.05, 3.63) is 14.4 Å². The van der Waals surface area contributed by atoms with Crippen molar-refractivity contribution >= 4 is 0 Å². The molecule has 0 aliphatic rings. The Hall–Kier alpha value is 1.06. The van der Waals surface area contributed by atoms with Crippen molar-refractivity contribution in [2.75, 3.05) is 13.1 Å². The molecule has 0 aromatic heterocycles. The first-order valence-corrected chi connectivity index (χ1v) is 2.41. The Morgan fingerprint density at radius 3 is 2.12 bits per heavy atom. The van der Waals surface area contributed by atoms with Crippen LogP contribution in [0.25, 0.3) is 0 Å². The van der Waals surface area contributed by atoms with Gasteiger partial charge in [-0.25, -0.2) is 0 Å². The van der Waals surface area contributed by atoms with E-state index in [-0.39, 0.29) is 40.1 Å². The summed E-state index contributed by atoms with van der Waals surface area (Å²) in [4.78, 5) is 0. The predicted molar refractivity (Wildman–Crippen MR) is 34.9 cm³/mol. The fourth-order valence-corrected chi connectivity index (χ4v) is 0.302. The molecule has 0 saturated heterocycles. The molecule has 8 heavy (non-hydrogen) atoms. The average molecular weight is 190 g/mol. The van der Waals surface area contributed by atoms with E-state index in [0.29, 0.717) is 0 Å². The van der Waals surface area contributed by atoms with E-state index in [4.69, 9.17) is 0 Å². The van der Waals surface area contributed by atoms with Crippen molar-refractivity contribution in [3.63, 3.8) is 0 Å². The maximum Gasteiger partial charge on any atom is 0 e. The van der Waals surface area contributed by atoms with E-state index < -0.39 is 0 Å². The Morgan fingerprint density at radius 1 is 1.50 bits per heavy atom. The largest absolute Gasteiger partial charge is 0.358 e. The molecule has 0 aliphatic heterocycles. The summed E-state index contributed by atoms with van der Waals surface area (Å²) in [5, 5.41) is 3.14. The van der Waals surface area contributed by atoms with Gasteiger partial charge in [0, 0.05) is 32.7 Å². The van der Waals surface area contributed by atoms with E-state index in [1.165, 1.54) is 0 Å². The fourth-order valence-electron chi connectivity index (χ4n) is 0.302. The third-order valence-electron chi connectivity index (χ3n) is 0.604. The third kappa shape index (κ3) is 15.7. The number of rotatable bonds is 3. The van der Waals surface area contributed by atoms with Crippen molar-refractivity contribution in [1.82, 2.24) is 5.32 Å². The SMILES string of the molecule is [CH2-]CCNCC.[CH3-].[Y]. The molecule has 0 rings (SSSR count). The van der Waals surface area contributed by atoms with Crippen LogP contribution >= 0.6 is 0 Å². The van der Waals surface area contributed by atoms with Gasteiger partial charge in [-0.1, -0.05) is 6.92 Å². The second-order valence-corrected chi connectivity index (χ2v) is 1.21. The maximum atomic E-state index is 3.66. The summed E-state index contributed by atoms with van der Waals surface area (Å²) in [6.45, 7) is 7.87. The van der Waals surface area contributed by atoms with Crippen molar-refractivity contribution < 1.29 is 32.7 Å². The van der Waals surface area contributed by atoms with E-state index in [9.17, 15) is 0 Å². The summed E-state index contributed by atoms with van der Waals surface area (Å²) < 4.78 is 0. The normalized spacial score (nSPS) is 6.75. The molecule has 0 aliphatic carbocycles. The predicted octanol–water partition coefficient (Wildman–Crippen LogP) is 1.27. The van der Waals surface area contributed by atoms with Gasteiger partial charge in [-0.05, 0) is 13.1 Å². The minimum Gasteiger partial charge on any atom is -0.358 e. The third-order valence-corrected chi connectivity index (χ3v) is 0.604. The monoisotopic (exact) mass is 190 g/mol. The molecule has 0 spiro atoms. The number of nitrogens with one attached hydrogen (secondary N) is 1. The average Bonchev–Trinajstić information content (AvgIpc) is 1.61. The molecule has 1 N–H and O–H groups in total. The summed E-state index contributed by atoms with van der Waals surface area (Å²) in [6.07, 6.45) is 0.994. The van der Waals surface area contributed by atoms with Gasteiger partial charge in [0.05, 0.1) is 0 Å². The minimum atomic E-state index is 0. The summed E-state index contributed by atoms with van der Waals surface area (Å²) >= 11 is 0. The van der Waals surface area contributed by atoms with Crippen LogP contribution < -0.4 is 5.32 Å². The molecule has 0 heterocycles. The quantitative estimate of drug-likeness (QED) is 0.522. The molecule has 1 nitrogen and oxygen atoms in total. The van der Waals surface area contributed by atoms with E-state index >= 15 is 0 Å². The molecule has 0 amide bonds. The second kappa shape index (κ2) is 15.7. The maximum absolute atomic E-state index is 3.66. The minimum absolute atomic E-state index is 0. The molecule has 49 valence electrons.